The van der Waals surface area contributed by atoms with Gasteiger partial charge in [0.1, 0.15) is 19.3 Å². The lowest BCUT2D eigenvalue weighted by Gasteiger charge is -2.23. The van der Waals surface area contributed by atoms with Gasteiger partial charge in [0, 0.05) is 7.05 Å². The van der Waals surface area contributed by atoms with Crippen LogP contribution in [0.4, 0.5) is 4.79 Å². The molecule has 0 saturated carbocycles. The molecular formula is C15H16Cl3NO6. The molecule has 0 unspecified atom stereocenters. The molecule has 1 aromatic rings. The summed E-state index contributed by atoms with van der Waals surface area (Å²) in [6.07, 6.45) is -1.52. The van der Waals surface area contributed by atoms with E-state index in [0.29, 0.717) is 0 Å². The highest BCUT2D eigenvalue weighted by Gasteiger charge is 2.31. The van der Waals surface area contributed by atoms with Crippen molar-refractivity contribution in [3.8, 4) is 0 Å². The second-order valence-electron chi connectivity index (χ2n) is 4.99. The highest BCUT2D eigenvalue weighted by atomic mass is 35.6. The van der Waals surface area contributed by atoms with E-state index < -0.39 is 40.9 Å². The van der Waals surface area contributed by atoms with E-state index in [1.165, 1.54) is 7.05 Å². The van der Waals surface area contributed by atoms with Gasteiger partial charge in [-0.15, -0.1) is 0 Å². The largest absolute Gasteiger partial charge is 0.480 e. The van der Waals surface area contributed by atoms with Crippen molar-refractivity contribution in [3.05, 3.63) is 35.9 Å². The number of carbonyl (C=O) groups is 3. The summed E-state index contributed by atoms with van der Waals surface area (Å²) in [7, 11) is 1.20. The molecule has 1 amide bonds. The van der Waals surface area contributed by atoms with Crippen LogP contribution < -0.4 is 0 Å². The molecule has 25 heavy (non-hydrogen) atoms. The first-order valence-corrected chi connectivity index (χ1v) is 8.12. The molecule has 0 aromatic heterocycles. The van der Waals surface area contributed by atoms with Crippen molar-refractivity contribution in [1.82, 2.24) is 4.90 Å². The number of nitrogens with zero attached hydrogens (tertiary/aromatic N) is 1. The van der Waals surface area contributed by atoms with Crippen molar-refractivity contribution in [2.24, 2.45) is 0 Å². The zero-order valence-electron chi connectivity index (χ0n) is 13.2. The number of carboxylic acids is 1. The number of carboxylic acid groups (broad SMARTS) is 1. The second kappa shape index (κ2) is 9.70. The zero-order valence-corrected chi connectivity index (χ0v) is 15.4. The van der Waals surface area contributed by atoms with E-state index in [-0.39, 0.29) is 6.61 Å². The number of alkyl halides is 3. The molecule has 7 nitrogen and oxygen atoms in total. The average Bonchev–Trinajstić information content (AvgIpc) is 2.55. The maximum Gasteiger partial charge on any atom is 0.410 e. The Morgan fingerprint density at radius 3 is 2.28 bits per heavy atom. The Kier molecular flexibility index (Phi) is 8.28. The van der Waals surface area contributed by atoms with Gasteiger partial charge in [-0.3, -0.25) is 9.69 Å². The van der Waals surface area contributed by atoms with Crippen molar-refractivity contribution in [2.45, 2.75) is 22.9 Å². The van der Waals surface area contributed by atoms with Crippen molar-refractivity contribution < 1.29 is 29.0 Å². The number of likely N-dealkylation sites (N-methyl/N-ethyl adjacent to an activating group) is 1. The number of hydrogen-bond donors (Lipinski definition) is 1. The predicted octanol–water partition coefficient (Wildman–Crippen LogP) is 3.01. The summed E-state index contributed by atoms with van der Waals surface area (Å²) in [6, 6.07) is 7.36. The van der Waals surface area contributed by atoms with Crippen LogP contribution in [-0.2, 0) is 25.7 Å². The molecule has 0 fully saturated rings. The van der Waals surface area contributed by atoms with Gasteiger partial charge in [-0.25, -0.2) is 9.59 Å². The second-order valence-corrected chi connectivity index (χ2v) is 7.50. The van der Waals surface area contributed by atoms with Crippen LogP contribution in [0.25, 0.3) is 0 Å². The Balaban J connectivity index is 2.59. The van der Waals surface area contributed by atoms with Crippen LogP contribution in [0.1, 0.15) is 12.0 Å². The average molecular weight is 413 g/mol. The topological polar surface area (TPSA) is 93.1 Å². The number of ether oxygens (including phenoxy) is 2. The molecule has 1 aromatic carbocycles. The molecule has 0 bridgehead atoms. The van der Waals surface area contributed by atoms with Crippen LogP contribution in [0.2, 0.25) is 0 Å². The van der Waals surface area contributed by atoms with Gasteiger partial charge in [0.15, 0.2) is 0 Å². The lowest BCUT2D eigenvalue weighted by atomic mass is 10.2. The summed E-state index contributed by atoms with van der Waals surface area (Å²) in [5.74, 6) is -2.33. The van der Waals surface area contributed by atoms with E-state index in [9.17, 15) is 19.5 Å². The van der Waals surface area contributed by atoms with Gasteiger partial charge >= 0.3 is 18.0 Å². The Bertz CT molecular complexity index is 605. The molecule has 0 aliphatic rings. The van der Waals surface area contributed by atoms with Gasteiger partial charge in [-0.2, -0.15) is 0 Å². The molecule has 138 valence electrons. The Labute approximate surface area is 159 Å². The number of amides is 1. The normalized spacial score (nSPS) is 12.2. The molecular weight excluding hydrogens is 397 g/mol. The fraction of sp³-hybridized carbons (Fsp3) is 0.400. The monoisotopic (exact) mass is 411 g/mol. The molecule has 10 heteroatoms. The van der Waals surface area contributed by atoms with E-state index in [2.05, 4.69) is 4.74 Å². The molecule has 0 aliphatic heterocycles. The van der Waals surface area contributed by atoms with Crippen LogP contribution >= 0.6 is 34.8 Å². The van der Waals surface area contributed by atoms with Gasteiger partial charge in [0.05, 0.1) is 6.42 Å². The number of aliphatic carboxylic acids is 1. The van der Waals surface area contributed by atoms with Crippen LogP contribution in [0.3, 0.4) is 0 Å². The van der Waals surface area contributed by atoms with Crippen LogP contribution in [-0.4, -0.2) is 51.5 Å². The number of esters is 1. The molecule has 0 spiro atoms. The SMILES string of the molecule is CN(C(=O)OCc1ccccc1)[C@H](CC(=O)OCC(Cl)(Cl)Cl)C(=O)O. The van der Waals surface area contributed by atoms with Crippen molar-refractivity contribution in [1.29, 1.82) is 0 Å². The summed E-state index contributed by atoms with van der Waals surface area (Å²) in [4.78, 5) is 35.8. The standard InChI is InChI=1S/C15H16Cl3NO6/c1-19(14(23)24-8-10-5-3-2-4-6-10)11(13(21)22)7-12(20)25-9-15(16,17)18/h2-6,11H,7-9H2,1H3,(H,21,22)/t11-/m1/s1. The molecule has 0 heterocycles. The fourth-order valence-electron chi connectivity index (χ4n) is 1.72. The van der Waals surface area contributed by atoms with Crippen molar-refractivity contribution in [2.75, 3.05) is 13.7 Å². The van der Waals surface area contributed by atoms with Crippen LogP contribution in [0.5, 0.6) is 0 Å². The van der Waals surface area contributed by atoms with E-state index in [1.807, 2.05) is 0 Å². The maximum atomic E-state index is 12.0. The van der Waals surface area contributed by atoms with E-state index in [0.717, 1.165) is 10.5 Å². The lowest BCUT2D eigenvalue weighted by Crippen LogP contribution is -2.44. The van der Waals surface area contributed by atoms with E-state index in [1.54, 1.807) is 30.3 Å². The number of carbonyl (C=O) groups excluding carboxylic acids is 2. The van der Waals surface area contributed by atoms with Gasteiger partial charge in [0.25, 0.3) is 0 Å². The van der Waals surface area contributed by atoms with Crippen molar-refractivity contribution in [3.63, 3.8) is 0 Å². The third kappa shape index (κ3) is 8.29. The first-order chi connectivity index (χ1) is 11.6. The zero-order chi connectivity index (χ0) is 19.0. The third-order valence-electron chi connectivity index (χ3n) is 3.00. The van der Waals surface area contributed by atoms with Gasteiger partial charge in [0.2, 0.25) is 3.79 Å². The number of benzene rings is 1. The lowest BCUT2D eigenvalue weighted by molar-refractivity contribution is -0.151. The number of rotatable bonds is 7. The minimum atomic E-state index is -1.81. The van der Waals surface area contributed by atoms with E-state index in [4.69, 9.17) is 39.5 Å². The molecule has 1 atom stereocenters. The fourth-order valence-corrected chi connectivity index (χ4v) is 1.88. The number of halogens is 3. The molecule has 0 aliphatic carbocycles. The Hall–Kier alpha value is -1.70. The molecule has 1 N–H and O–H groups in total. The van der Waals surface area contributed by atoms with Gasteiger partial charge < -0.3 is 14.6 Å². The molecule has 0 radical (unpaired) electrons. The smallest absolute Gasteiger partial charge is 0.410 e. The highest BCUT2D eigenvalue weighted by Crippen LogP contribution is 2.26. The van der Waals surface area contributed by atoms with Gasteiger partial charge in [-0.1, -0.05) is 65.1 Å². The first-order valence-electron chi connectivity index (χ1n) is 6.99. The summed E-state index contributed by atoms with van der Waals surface area (Å²) in [5.41, 5.74) is 0.734. The Morgan fingerprint density at radius 1 is 1.16 bits per heavy atom. The predicted molar refractivity (Wildman–Crippen MR) is 91.7 cm³/mol. The number of hydrogen-bond acceptors (Lipinski definition) is 5. The third-order valence-corrected chi connectivity index (χ3v) is 3.33. The van der Waals surface area contributed by atoms with Crippen LogP contribution in [0.15, 0.2) is 30.3 Å². The maximum absolute atomic E-state index is 12.0. The first kappa shape index (κ1) is 21.3. The summed E-state index contributed by atoms with van der Waals surface area (Å²) < 4.78 is 7.88. The summed E-state index contributed by atoms with van der Waals surface area (Å²) >= 11 is 16.3. The van der Waals surface area contributed by atoms with Crippen LogP contribution in [0, 0.1) is 0 Å². The van der Waals surface area contributed by atoms with E-state index >= 15 is 0 Å². The molecule has 0 saturated heterocycles. The minimum Gasteiger partial charge on any atom is -0.480 e. The molecule has 1 rings (SSSR count). The quantitative estimate of drug-likeness (QED) is 0.546. The minimum absolute atomic E-state index is 0.0337. The summed E-state index contributed by atoms with van der Waals surface area (Å²) in [6.45, 7) is -0.570. The summed E-state index contributed by atoms with van der Waals surface area (Å²) in [5, 5.41) is 9.22. The highest BCUT2D eigenvalue weighted by molar-refractivity contribution is 6.67. The van der Waals surface area contributed by atoms with Gasteiger partial charge in [-0.05, 0) is 5.56 Å². The van der Waals surface area contributed by atoms with Crippen molar-refractivity contribution >= 4 is 52.8 Å². The Morgan fingerprint density at radius 2 is 1.76 bits per heavy atom.